The Kier molecular flexibility index (Phi) is 7.44. The van der Waals surface area contributed by atoms with Gasteiger partial charge >= 0.3 is 5.97 Å². The molecule has 17 heavy (non-hydrogen) atoms. The van der Waals surface area contributed by atoms with E-state index in [0.29, 0.717) is 17.9 Å². The lowest BCUT2D eigenvalue weighted by Crippen LogP contribution is -2.44. The zero-order valence-electron chi connectivity index (χ0n) is 12.2. The molecule has 102 valence electrons. The first-order valence-corrected chi connectivity index (χ1v) is 6.71. The normalized spacial score (nSPS) is 12.4. The fraction of sp³-hybridized carbons (Fsp3) is 0.929. The van der Waals surface area contributed by atoms with Crippen molar-refractivity contribution in [3.63, 3.8) is 0 Å². The van der Waals surface area contributed by atoms with Crippen molar-refractivity contribution < 1.29 is 9.90 Å². The average molecular weight is 243 g/mol. The monoisotopic (exact) mass is 243 g/mol. The third kappa shape index (κ3) is 7.37. The van der Waals surface area contributed by atoms with Gasteiger partial charge in [-0.1, -0.05) is 27.7 Å². The molecule has 3 heteroatoms. The van der Waals surface area contributed by atoms with Crippen LogP contribution in [-0.4, -0.2) is 34.6 Å². The molecule has 0 saturated heterocycles. The molecule has 1 N–H and O–H groups in total. The number of aliphatic carboxylic acids is 1. The minimum Gasteiger partial charge on any atom is -0.480 e. The second-order valence-electron chi connectivity index (χ2n) is 6.07. The molecule has 0 fully saturated rings. The third-order valence-corrected chi connectivity index (χ3v) is 2.94. The second kappa shape index (κ2) is 7.70. The molecule has 0 heterocycles. The van der Waals surface area contributed by atoms with Crippen molar-refractivity contribution in [1.82, 2.24) is 4.90 Å². The summed E-state index contributed by atoms with van der Waals surface area (Å²) in [4.78, 5) is 13.1. The number of hydrogen-bond donors (Lipinski definition) is 1. The van der Waals surface area contributed by atoms with Gasteiger partial charge in [0.25, 0.3) is 0 Å². The summed E-state index contributed by atoms with van der Waals surface area (Å²) in [6.45, 7) is 13.1. The van der Waals surface area contributed by atoms with Gasteiger partial charge in [0.1, 0.15) is 0 Å². The van der Waals surface area contributed by atoms with Crippen LogP contribution in [0.3, 0.4) is 0 Å². The number of hydrogen-bond acceptors (Lipinski definition) is 2. The molecule has 0 aromatic carbocycles. The van der Waals surface area contributed by atoms with Crippen LogP contribution in [0.25, 0.3) is 0 Å². The van der Waals surface area contributed by atoms with Crippen molar-refractivity contribution in [3.8, 4) is 0 Å². The average Bonchev–Trinajstić information content (AvgIpc) is 2.10. The Labute approximate surface area is 106 Å². The molecule has 0 bridgehead atoms. The number of carboxylic acids is 1. The second-order valence-corrected chi connectivity index (χ2v) is 6.07. The van der Waals surface area contributed by atoms with E-state index in [9.17, 15) is 4.79 Å². The molecule has 0 aliphatic heterocycles. The van der Waals surface area contributed by atoms with Gasteiger partial charge in [0.15, 0.2) is 0 Å². The zero-order valence-corrected chi connectivity index (χ0v) is 12.2. The van der Waals surface area contributed by atoms with Gasteiger partial charge in [-0.2, -0.15) is 0 Å². The Morgan fingerprint density at radius 2 is 1.41 bits per heavy atom. The molecule has 0 aliphatic rings. The van der Waals surface area contributed by atoms with Gasteiger partial charge in [0.2, 0.25) is 0 Å². The number of nitrogens with zero attached hydrogens (tertiary/aromatic N) is 1. The first-order valence-electron chi connectivity index (χ1n) is 6.71. The van der Waals surface area contributed by atoms with E-state index in [2.05, 4.69) is 46.4 Å². The first kappa shape index (κ1) is 16.4. The van der Waals surface area contributed by atoms with Crippen LogP contribution in [0.4, 0.5) is 0 Å². The first-order chi connectivity index (χ1) is 7.73. The van der Waals surface area contributed by atoms with Crippen LogP contribution in [-0.2, 0) is 4.79 Å². The maximum atomic E-state index is 10.9. The highest BCUT2D eigenvalue weighted by Crippen LogP contribution is 2.21. The molecule has 0 amide bonds. The van der Waals surface area contributed by atoms with Crippen LogP contribution in [0, 0.1) is 11.8 Å². The summed E-state index contributed by atoms with van der Waals surface area (Å²) in [6, 6.07) is 0.666. The lowest BCUT2D eigenvalue weighted by atomic mass is 9.93. The van der Waals surface area contributed by atoms with E-state index in [4.69, 9.17) is 5.11 Å². The van der Waals surface area contributed by atoms with Crippen molar-refractivity contribution >= 4 is 5.97 Å². The maximum Gasteiger partial charge on any atom is 0.317 e. The molecule has 0 aliphatic carbocycles. The predicted octanol–water partition coefficient (Wildman–Crippen LogP) is 3.24. The van der Waals surface area contributed by atoms with E-state index in [0.717, 1.165) is 12.8 Å². The summed E-state index contributed by atoms with van der Waals surface area (Å²) < 4.78 is 0. The van der Waals surface area contributed by atoms with E-state index >= 15 is 0 Å². The summed E-state index contributed by atoms with van der Waals surface area (Å²) in [5.41, 5.74) is 0. The highest BCUT2D eigenvalue weighted by Gasteiger charge is 2.24. The molecule has 0 atom stereocenters. The van der Waals surface area contributed by atoms with Crippen LogP contribution in [0.15, 0.2) is 0 Å². The minimum absolute atomic E-state index is 0.155. The van der Waals surface area contributed by atoms with Crippen molar-refractivity contribution in [1.29, 1.82) is 0 Å². The largest absolute Gasteiger partial charge is 0.480 e. The van der Waals surface area contributed by atoms with Gasteiger partial charge in [-0.3, -0.25) is 9.69 Å². The molecule has 0 aromatic heterocycles. The van der Waals surface area contributed by atoms with Crippen molar-refractivity contribution in [2.24, 2.45) is 11.8 Å². The maximum absolute atomic E-state index is 10.9. The van der Waals surface area contributed by atoms with E-state index in [1.54, 1.807) is 0 Å². The van der Waals surface area contributed by atoms with Crippen molar-refractivity contribution in [2.45, 2.75) is 66.5 Å². The lowest BCUT2D eigenvalue weighted by molar-refractivity contribution is -0.139. The van der Waals surface area contributed by atoms with Crippen molar-refractivity contribution in [3.05, 3.63) is 0 Å². The Balaban J connectivity index is 4.72. The quantitative estimate of drug-likeness (QED) is 0.711. The minimum atomic E-state index is -0.726. The topological polar surface area (TPSA) is 40.5 Å². The van der Waals surface area contributed by atoms with Gasteiger partial charge in [-0.25, -0.2) is 0 Å². The number of rotatable bonds is 8. The summed E-state index contributed by atoms with van der Waals surface area (Å²) in [6.07, 6.45) is 2.15. The van der Waals surface area contributed by atoms with E-state index in [-0.39, 0.29) is 12.6 Å². The SMILES string of the molecule is CC(C)CC(CC(C)C)N(CC(=O)O)C(C)C. The van der Waals surface area contributed by atoms with E-state index in [1.807, 2.05) is 0 Å². The predicted molar refractivity (Wildman–Crippen MR) is 72.2 cm³/mol. The molecule has 0 radical (unpaired) electrons. The standard InChI is InChI=1S/C14H29NO2/c1-10(2)7-13(8-11(3)4)15(12(5)6)9-14(16)17/h10-13H,7-9H2,1-6H3,(H,16,17). The van der Waals surface area contributed by atoms with Gasteiger partial charge in [0, 0.05) is 12.1 Å². The van der Waals surface area contributed by atoms with Crippen molar-refractivity contribution in [2.75, 3.05) is 6.54 Å². The smallest absolute Gasteiger partial charge is 0.317 e. The Bertz CT molecular complexity index is 214. The van der Waals surface area contributed by atoms with Gasteiger partial charge in [-0.15, -0.1) is 0 Å². The summed E-state index contributed by atoms with van der Waals surface area (Å²) in [7, 11) is 0. The van der Waals surface area contributed by atoms with E-state index < -0.39 is 5.97 Å². The van der Waals surface area contributed by atoms with Gasteiger partial charge < -0.3 is 5.11 Å². The van der Waals surface area contributed by atoms with Gasteiger partial charge in [0.05, 0.1) is 6.54 Å². The molecule has 0 spiro atoms. The molecule has 0 saturated carbocycles. The van der Waals surface area contributed by atoms with Crippen LogP contribution >= 0.6 is 0 Å². The zero-order chi connectivity index (χ0) is 13.6. The third-order valence-electron chi connectivity index (χ3n) is 2.94. The molecular formula is C14H29NO2. The Hall–Kier alpha value is -0.570. The Morgan fingerprint density at radius 3 is 1.65 bits per heavy atom. The molecule has 0 aromatic rings. The highest BCUT2D eigenvalue weighted by molar-refractivity contribution is 5.69. The molecule has 0 rings (SSSR count). The van der Waals surface area contributed by atoms with Crippen LogP contribution in [0.1, 0.15) is 54.4 Å². The molecule has 0 unspecified atom stereocenters. The summed E-state index contributed by atoms with van der Waals surface area (Å²) in [5, 5.41) is 9.01. The van der Waals surface area contributed by atoms with Crippen LogP contribution < -0.4 is 0 Å². The Morgan fingerprint density at radius 1 is 1.00 bits per heavy atom. The summed E-state index contributed by atoms with van der Waals surface area (Å²) >= 11 is 0. The fourth-order valence-electron chi connectivity index (χ4n) is 2.34. The molecule has 3 nitrogen and oxygen atoms in total. The fourth-order valence-corrected chi connectivity index (χ4v) is 2.34. The number of carboxylic acid groups (broad SMARTS) is 1. The molecular weight excluding hydrogens is 214 g/mol. The van der Waals surface area contributed by atoms with E-state index in [1.165, 1.54) is 0 Å². The van der Waals surface area contributed by atoms with Gasteiger partial charge in [-0.05, 0) is 38.5 Å². The van der Waals surface area contributed by atoms with Crippen LogP contribution in [0.5, 0.6) is 0 Å². The lowest BCUT2D eigenvalue weighted by Gasteiger charge is -2.35. The summed E-state index contributed by atoms with van der Waals surface area (Å²) in [5.74, 6) is 0.485. The highest BCUT2D eigenvalue weighted by atomic mass is 16.4. The van der Waals surface area contributed by atoms with Crippen LogP contribution in [0.2, 0.25) is 0 Å². The number of carbonyl (C=O) groups is 1.